The van der Waals surface area contributed by atoms with Crippen molar-refractivity contribution >= 4 is 23.2 Å². The van der Waals surface area contributed by atoms with Crippen LogP contribution in [0.2, 0.25) is 0 Å². The molecule has 1 amide bonds. The summed E-state index contributed by atoms with van der Waals surface area (Å²) in [6.07, 6.45) is 14.7. The predicted molar refractivity (Wildman–Crippen MR) is 128 cm³/mol. The van der Waals surface area contributed by atoms with Crippen molar-refractivity contribution in [2.45, 2.75) is 115 Å². The summed E-state index contributed by atoms with van der Waals surface area (Å²) in [6.45, 7) is 4.83. The van der Waals surface area contributed by atoms with E-state index in [2.05, 4.69) is 44.7 Å². The van der Waals surface area contributed by atoms with E-state index in [9.17, 15) is 4.79 Å². The number of carbonyl (C=O) groups excluding carboxylic acids is 1. The molecule has 3 N–H and O–H groups in total. The quantitative estimate of drug-likeness (QED) is 0.493. The first-order valence-electron chi connectivity index (χ1n) is 12.7. The Morgan fingerprint density at radius 2 is 1.88 bits per heavy atom. The zero-order chi connectivity index (χ0) is 22.3. The van der Waals surface area contributed by atoms with Crippen LogP contribution in [-0.4, -0.2) is 47.0 Å². The molecule has 1 aromatic heterocycles. The van der Waals surface area contributed by atoms with Crippen molar-refractivity contribution < 1.29 is 9.53 Å². The average molecular weight is 445 g/mol. The van der Waals surface area contributed by atoms with E-state index in [0.717, 1.165) is 43.0 Å². The monoisotopic (exact) mass is 444 g/mol. The zero-order valence-corrected chi connectivity index (χ0v) is 19.7. The number of anilines is 3. The highest BCUT2D eigenvalue weighted by molar-refractivity contribution is 5.81. The molecule has 2 saturated carbocycles. The molecule has 1 aliphatic heterocycles. The van der Waals surface area contributed by atoms with E-state index in [-0.39, 0.29) is 18.2 Å². The zero-order valence-electron chi connectivity index (χ0n) is 19.7. The average Bonchev–Trinajstić information content (AvgIpc) is 3.47. The van der Waals surface area contributed by atoms with Crippen molar-refractivity contribution in [1.82, 2.24) is 15.3 Å². The van der Waals surface area contributed by atoms with E-state index in [1.165, 1.54) is 44.9 Å². The lowest BCUT2D eigenvalue weighted by molar-refractivity contribution is -0.123. The van der Waals surface area contributed by atoms with Gasteiger partial charge < -0.3 is 25.6 Å². The SMILES string of the molecule is CC[C@@H](CCC(=O)NC1CCCCC1)OC(C)N1CNc2c(NC3CCCC3)ncnc21. The first kappa shape index (κ1) is 23.1. The summed E-state index contributed by atoms with van der Waals surface area (Å²) in [6, 6.07) is 0.873. The third kappa shape index (κ3) is 5.82. The number of rotatable bonds is 10. The molecule has 0 aromatic carbocycles. The number of carbonyl (C=O) groups is 1. The maximum atomic E-state index is 12.4. The largest absolute Gasteiger partial charge is 0.365 e. The van der Waals surface area contributed by atoms with Crippen molar-refractivity contribution in [2.75, 3.05) is 22.2 Å². The Kier molecular flexibility index (Phi) is 8.05. The summed E-state index contributed by atoms with van der Waals surface area (Å²) >= 11 is 0. The molecule has 1 aromatic rings. The Balaban J connectivity index is 1.28. The van der Waals surface area contributed by atoms with Crippen LogP contribution in [0, 0.1) is 0 Å². The Morgan fingerprint density at radius 1 is 1.16 bits per heavy atom. The first-order chi connectivity index (χ1) is 15.6. The molecule has 4 rings (SSSR count). The van der Waals surface area contributed by atoms with Crippen molar-refractivity contribution in [2.24, 2.45) is 0 Å². The Morgan fingerprint density at radius 3 is 2.62 bits per heavy atom. The van der Waals surface area contributed by atoms with Crippen molar-refractivity contribution in [1.29, 1.82) is 0 Å². The van der Waals surface area contributed by atoms with E-state index in [1.54, 1.807) is 6.33 Å². The number of hydrogen-bond donors (Lipinski definition) is 3. The van der Waals surface area contributed by atoms with Crippen LogP contribution < -0.4 is 20.9 Å². The second kappa shape index (κ2) is 11.2. The van der Waals surface area contributed by atoms with E-state index < -0.39 is 0 Å². The summed E-state index contributed by atoms with van der Waals surface area (Å²) in [5.74, 6) is 1.94. The lowest BCUT2D eigenvalue weighted by atomic mass is 9.95. The molecule has 0 bridgehead atoms. The normalized spacial score (nSPS) is 21.1. The highest BCUT2D eigenvalue weighted by Crippen LogP contribution is 2.37. The lowest BCUT2D eigenvalue weighted by Crippen LogP contribution is -2.39. The topological polar surface area (TPSA) is 91.4 Å². The number of aromatic nitrogens is 2. The maximum Gasteiger partial charge on any atom is 0.220 e. The van der Waals surface area contributed by atoms with E-state index in [1.807, 2.05) is 0 Å². The summed E-state index contributed by atoms with van der Waals surface area (Å²) in [5, 5.41) is 10.3. The fourth-order valence-corrected chi connectivity index (χ4v) is 5.23. The van der Waals surface area contributed by atoms with Gasteiger partial charge in [0.05, 0.1) is 12.8 Å². The third-order valence-electron chi connectivity index (χ3n) is 7.17. The minimum Gasteiger partial charge on any atom is -0.365 e. The molecular formula is C24H40N6O2. The van der Waals surface area contributed by atoms with Gasteiger partial charge in [0.25, 0.3) is 0 Å². The van der Waals surface area contributed by atoms with Gasteiger partial charge in [0.1, 0.15) is 18.2 Å². The highest BCUT2D eigenvalue weighted by atomic mass is 16.5. The summed E-state index contributed by atoms with van der Waals surface area (Å²) in [7, 11) is 0. The molecule has 0 spiro atoms. The van der Waals surface area contributed by atoms with Crippen LogP contribution in [-0.2, 0) is 9.53 Å². The van der Waals surface area contributed by atoms with Gasteiger partial charge in [-0.25, -0.2) is 9.97 Å². The number of amides is 1. The minimum absolute atomic E-state index is 0.0454. The molecule has 2 heterocycles. The molecule has 0 saturated heterocycles. The summed E-state index contributed by atoms with van der Waals surface area (Å²) < 4.78 is 6.38. The molecule has 178 valence electrons. The van der Waals surface area contributed by atoms with Crippen molar-refractivity contribution in [3.8, 4) is 0 Å². The predicted octanol–water partition coefficient (Wildman–Crippen LogP) is 4.39. The fourth-order valence-electron chi connectivity index (χ4n) is 5.23. The number of nitrogens with one attached hydrogen (secondary N) is 3. The van der Waals surface area contributed by atoms with Crippen LogP contribution in [0.3, 0.4) is 0 Å². The summed E-state index contributed by atoms with van der Waals surface area (Å²) in [4.78, 5) is 23.6. The molecule has 1 unspecified atom stereocenters. The number of hydrogen-bond acceptors (Lipinski definition) is 7. The second-order valence-corrected chi connectivity index (χ2v) is 9.56. The van der Waals surface area contributed by atoms with Gasteiger partial charge in [0.2, 0.25) is 5.91 Å². The summed E-state index contributed by atoms with van der Waals surface area (Å²) in [5.41, 5.74) is 0.967. The van der Waals surface area contributed by atoms with Gasteiger partial charge in [-0.05, 0) is 45.4 Å². The van der Waals surface area contributed by atoms with Gasteiger partial charge >= 0.3 is 0 Å². The Hall–Kier alpha value is -2.09. The molecule has 8 nitrogen and oxygen atoms in total. The molecule has 2 aliphatic carbocycles. The van der Waals surface area contributed by atoms with Gasteiger partial charge in [-0.15, -0.1) is 0 Å². The van der Waals surface area contributed by atoms with Gasteiger partial charge in [-0.3, -0.25) is 4.79 Å². The van der Waals surface area contributed by atoms with Crippen LogP contribution >= 0.6 is 0 Å². The number of ether oxygens (including phenoxy) is 1. The Bertz CT molecular complexity index is 748. The molecular weight excluding hydrogens is 404 g/mol. The van der Waals surface area contributed by atoms with E-state index in [4.69, 9.17) is 4.74 Å². The van der Waals surface area contributed by atoms with Crippen LogP contribution in [0.25, 0.3) is 0 Å². The Labute approximate surface area is 192 Å². The number of fused-ring (bicyclic) bond motifs is 1. The second-order valence-electron chi connectivity index (χ2n) is 9.56. The van der Waals surface area contributed by atoms with Gasteiger partial charge in [0, 0.05) is 18.5 Å². The van der Waals surface area contributed by atoms with Crippen LogP contribution in [0.4, 0.5) is 17.3 Å². The fraction of sp³-hybridized carbons (Fsp3) is 0.792. The van der Waals surface area contributed by atoms with E-state index in [0.29, 0.717) is 25.2 Å². The molecule has 8 heteroatoms. The van der Waals surface area contributed by atoms with E-state index >= 15 is 0 Å². The molecule has 2 fully saturated rings. The first-order valence-corrected chi connectivity index (χ1v) is 12.7. The molecule has 3 aliphatic rings. The van der Waals surface area contributed by atoms with Crippen LogP contribution in [0.15, 0.2) is 6.33 Å². The van der Waals surface area contributed by atoms with Gasteiger partial charge in [-0.1, -0.05) is 39.0 Å². The maximum absolute atomic E-state index is 12.4. The minimum atomic E-state index is -0.135. The molecule has 2 atom stereocenters. The third-order valence-corrected chi connectivity index (χ3v) is 7.17. The standard InChI is InChI=1S/C24H40N6O2/c1-3-20(13-14-21(31)28-18-9-5-4-6-10-18)32-17(2)30-16-27-22-23(25-15-26-24(22)30)29-19-11-7-8-12-19/h15,17-20,27H,3-14,16H2,1-2H3,(H,28,31)(H,25,26,29)/t17?,20-/m0/s1. The molecule has 0 radical (unpaired) electrons. The van der Waals surface area contributed by atoms with Gasteiger partial charge in [0.15, 0.2) is 11.6 Å². The molecule has 32 heavy (non-hydrogen) atoms. The number of nitrogens with zero attached hydrogens (tertiary/aromatic N) is 3. The van der Waals surface area contributed by atoms with Gasteiger partial charge in [-0.2, -0.15) is 0 Å². The highest BCUT2D eigenvalue weighted by Gasteiger charge is 2.30. The van der Waals surface area contributed by atoms with Crippen LogP contribution in [0.5, 0.6) is 0 Å². The van der Waals surface area contributed by atoms with Crippen molar-refractivity contribution in [3.63, 3.8) is 0 Å². The lowest BCUT2D eigenvalue weighted by Gasteiger charge is -2.29. The smallest absolute Gasteiger partial charge is 0.220 e. The van der Waals surface area contributed by atoms with Crippen molar-refractivity contribution in [3.05, 3.63) is 6.33 Å². The van der Waals surface area contributed by atoms with Crippen LogP contribution in [0.1, 0.15) is 90.9 Å².